The standard InChI is InChI=1S/C11H6BrClFNO/c12-7-3-4-9(14)10(6-7)16-11-8(13)2-1-5-15-11/h1-6H. The van der Waals surface area contributed by atoms with Crippen LogP contribution in [0.1, 0.15) is 0 Å². The highest BCUT2D eigenvalue weighted by Gasteiger charge is 2.08. The van der Waals surface area contributed by atoms with E-state index in [1.807, 2.05) is 0 Å². The molecular weight excluding hydrogens is 296 g/mol. The number of aromatic nitrogens is 1. The first-order valence-corrected chi connectivity index (χ1v) is 5.57. The molecule has 0 aliphatic heterocycles. The number of nitrogens with zero attached hydrogens (tertiary/aromatic N) is 1. The van der Waals surface area contributed by atoms with Gasteiger partial charge in [0.05, 0.1) is 0 Å². The quantitative estimate of drug-likeness (QED) is 0.819. The zero-order valence-corrected chi connectivity index (χ0v) is 10.3. The van der Waals surface area contributed by atoms with Crippen molar-refractivity contribution < 1.29 is 9.13 Å². The van der Waals surface area contributed by atoms with Crippen LogP contribution in [-0.2, 0) is 0 Å². The lowest BCUT2D eigenvalue weighted by Gasteiger charge is -2.07. The molecule has 16 heavy (non-hydrogen) atoms. The normalized spacial score (nSPS) is 10.2. The van der Waals surface area contributed by atoms with Crippen molar-refractivity contribution in [2.75, 3.05) is 0 Å². The van der Waals surface area contributed by atoms with Crippen LogP contribution in [0, 0.1) is 5.82 Å². The van der Waals surface area contributed by atoms with Crippen molar-refractivity contribution in [3.63, 3.8) is 0 Å². The first kappa shape index (κ1) is 11.4. The summed E-state index contributed by atoms with van der Waals surface area (Å²) in [5, 5.41) is 0.335. The van der Waals surface area contributed by atoms with Crippen molar-refractivity contribution in [3.8, 4) is 11.6 Å². The fraction of sp³-hybridized carbons (Fsp3) is 0. The summed E-state index contributed by atoms with van der Waals surface area (Å²) in [4.78, 5) is 3.91. The van der Waals surface area contributed by atoms with Crippen LogP contribution >= 0.6 is 27.5 Å². The van der Waals surface area contributed by atoms with Gasteiger partial charge in [-0.3, -0.25) is 0 Å². The van der Waals surface area contributed by atoms with Gasteiger partial charge in [0, 0.05) is 10.7 Å². The lowest BCUT2D eigenvalue weighted by Crippen LogP contribution is -1.91. The van der Waals surface area contributed by atoms with Gasteiger partial charge in [-0.05, 0) is 30.3 Å². The van der Waals surface area contributed by atoms with Gasteiger partial charge in [0.1, 0.15) is 5.02 Å². The molecular formula is C11H6BrClFNO. The maximum atomic E-state index is 13.4. The molecule has 0 saturated carbocycles. The van der Waals surface area contributed by atoms with Crippen molar-refractivity contribution in [3.05, 3.63) is 51.8 Å². The highest BCUT2D eigenvalue weighted by molar-refractivity contribution is 9.10. The molecule has 0 radical (unpaired) electrons. The highest BCUT2D eigenvalue weighted by atomic mass is 79.9. The summed E-state index contributed by atoms with van der Waals surface area (Å²) in [6, 6.07) is 7.70. The van der Waals surface area contributed by atoms with E-state index in [0.29, 0.717) is 5.02 Å². The summed E-state index contributed by atoms with van der Waals surface area (Å²) in [6.45, 7) is 0. The number of rotatable bonds is 2. The molecule has 2 aromatic rings. The summed E-state index contributed by atoms with van der Waals surface area (Å²) >= 11 is 9.07. The third-order valence-electron chi connectivity index (χ3n) is 1.82. The summed E-state index contributed by atoms with van der Waals surface area (Å²) in [5.74, 6) is -0.207. The van der Waals surface area contributed by atoms with Crippen LogP contribution in [0.15, 0.2) is 41.0 Å². The van der Waals surface area contributed by atoms with Crippen molar-refractivity contribution in [2.24, 2.45) is 0 Å². The van der Waals surface area contributed by atoms with Gasteiger partial charge in [-0.1, -0.05) is 27.5 Å². The summed E-state index contributed by atoms with van der Waals surface area (Å²) < 4.78 is 19.4. The Balaban J connectivity index is 2.34. The summed E-state index contributed by atoms with van der Waals surface area (Å²) in [7, 11) is 0. The predicted octanol–water partition coefficient (Wildman–Crippen LogP) is 4.43. The number of ether oxygens (including phenoxy) is 1. The van der Waals surface area contributed by atoms with Crippen LogP contribution in [0.2, 0.25) is 5.02 Å². The second-order valence-electron chi connectivity index (χ2n) is 2.97. The van der Waals surface area contributed by atoms with Gasteiger partial charge in [0.2, 0.25) is 5.88 Å². The minimum atomic E-state index is -0.468. The molecule has 0 aliphatic rings. The number of benzene rings is 1. The Kier molecular flexibility index (Phi) is 3.41. The Morgan fingerprint density at radius 2 is 2.12 bits per heavy atom. The molecule has 2 rings (SSSR count). The number of hydrogen-bond donors (Lipinski definition) is 0. The molecule has 0 N–H and O–H groups in total. The topological polar surface area (TPSA) is 22.1 Å². The smallest absolute Gasteiger partial charge is 0.238 e. The van der Waals surface area contributed by atoms with Gasteiger partial charge >= 0.3 is 0 Å². The van der Waals surface area contributed by atoms with Crippen LogP contribution in [0.3, 0.4) is 0 Å². The molecule has 0 amide bonds. The molecule has 0 saturated heterocycles. The zero-order valence-electron chi connectivity index (χ0n) is 7.95. The van der Waals surface area contributed by atoms with Crippen molar-refractivity contribution >= 4 is 27.5 Å². The van der Waals surface area contributed by atoms with Crippen LogP contribution in [-0.4, -0.2) is 4.98 Å². The van der Waals surface area contributed by atoms with Gasteiger partial charge in [-0.25, -0.2) is 9.37 Å². The largest absolute Gasteiger partial charge is 0.434 e. The van der Waals surface area contributed by atoms with Crippen molar-refractivity contribution in [1.82, 2.24) is 4.98 Å². The minimum absolute atomic E-state index is 0.0787. The van der Waals surface area contributed by atoms with Gasteiger partial charge in [-0.2, -0.15) is 0 Å². The van der Waals surface area contributed by atoms with Crippen LogP contribution < -0.4 is 4.74 Å². The fourth-order valence-electron chi connectivity index (χ4n) is 1.11. The van der Waals surface area contributed by atoms with E-state index in [-0.39, 0.29) is 11.6 Å². The SMILES string of the molecule is Fc1ccc(Br)cc1Oc1ncccc1Cl. The highest BCUT2D eigenvalue weighted by Crippen LogP contribution is 2.30. The molecule has 82 valence electrons. The number of pyridine rings is 1. The third kappa shape index (κ3) is 2.51. The van der Waals surface area contributed by atoms with E-state index in [9.17, 15) is 4.39 Å². The second-order valence-corrected chi connectivity index (χ2v) is 4.29. The molecule has 0 bridgehead atoms. The van der Waals surface area contributed by atoms with Crippen LogP contribution in [0.4, 0.5) is 4.39 Å². The minimum Gasteiger partial charge on any atom is -0.434 e. The molecule has 1 heterocycles. The van der Waals surface area contributed by atoms with E-state index in [0.717, 1.165) is 4.47 Å². The number of halogens is 3. The lowest BCUT2D eigenvalue weighted by molar-refractivity contribution is 0.427. The zero-order chi connectivity index (χ0) is 11.5. The van der Waals surface area contributed by atoms with E-state index in [2.05, 4.69) is 20.9 Å². The Hall–Kier alpha value is -1.13. The Labute approximate surface area is 105 Å². The average Bonchev–Trinajstić information content (AvgIpc) is 2.27. The summed E-state index contributed by atoms with van der Waals surface area (Å²) in [6.07, 6.45) is 1.52. The van der Waals surface area contributed by atoms with Gasteiger partial charge in [0.15, 0.2) is 11.6 Å². The predicted molar refractivity (Wildman–Crippen MR) is 63.4 cm³/mol. The fourth-order valence-corrected chi connectivity index (χ4v) is 1.61. The molecule has 0 aliphatic carbocycles. The lowest BCUT2D eigenvalue weighted by atomic mass is 10.3. The monoisotopic (exact) mass is 301 g/mol. The first-order chi connectivity index (χ1) is 7.66. The van der Waals surface area contributed by atoms with E-state index in [1.165, 1.54) is 18.3 Å². The number of hydrogen-bond acceptors (Lipinski definition) is 2. The van der Waals surface area contributed by atoms with E-state index >= 15 is 0 Å². The van der Waals surface area contributed by atoms with E-state index < -0.39 is 5.82 Å². The van der Waals surface area contributed by atoms with E-state index in [1.54, 1.807) is 18.2 Å². The second kappa shape index (κ2) is 4.80. The molecule has 0 atom stereocenters. The third-order valence-corrected chi connectivity index (χ3v) is 2.61. The molecule has 0 unspecified atom stereocenters. The molecule has 5 heteroatoms. The molecule has 2 nitrogen and oxygen atoms in total. The van der Waals surface area contributed by atoms with Gasteiger partial charge < -0.3 is 4.74 Å². The van der Waals surface area contributed by atoms with Crippen molar-refractivity contribution in [1.29, 1.82) is 0 Å². The Bertz CT molecular complexity index is 521. The average molecular weight is 303 g/mol. The Morgan fingerprint density at radius 1 is 1.31 bits per heavy atom. The first-order valence-electron chi connectivity index (χ1n) is 4.40. The van der Waals surface area contributed by atoms with Crippen LogP contribution in [0.5, 0.6) is 11.6 Å². The summed E-state index contributed by atoms with van der Waals surface area (Å²) in [5.41, 5.74) is 0. The molecule has 0 spiro atoms. The van der Waals surface area contributed by atoms with Crippen molar-refractivity contribution in [2.45, 2.75) is 0 Å². The van der Waals surface area contributed by atoms with Gasteiger partial charge in [-0.15, -0.1) is 0 Å². The maximum Gasteiger partial charge on any atom is 0.238 e. The maximum absolute atomic E-state index is 13.4. The molecule has 0 fully saturated rings. The molecule has 1 aromatic carbocycles. The van der Waals surface area contributed by atoms with Gasteiger partial charge in [0.25, 0.3) is 0 Å². The van der Waals surface area contributed by atoms with E-state index in [4.69, 9.17) is 16.3 Å². The van der Waals surface area contributed by atoms with Crippen LogP contribution in [0.25, 0.3) is 0 Å². The molecule has 1 aromatic heterocycles. The Morgan fingerprint density at radius 3 is 2.88 bits per heavy atom.